The summed E-state index contributed by atoms with van der Waals surface area (Å²) >= 11 is 0. The number of aromatic nitrogens is 1. The van der Waals surface area contributed by atoms with Crippen LogP contribution in [0.15, 0.2) is 54.4 Å². The molecule has 1 aliphatic heterocycles. The number of nitrogens with one attached hydrogen (secondary N) is 1. The van der Waals surface area contributed by atoms with E-state index < -0.39 is 0 Å². The minimum absolute atomic E-state index is 0.119. The second-order valence-corrected chi connectivity index (χ2v) is 5.25. The molecule has 1 N–H and O–H groups in total. The maximum atomic E-state index is 11.7. The number of allylic oxidation sites excluding steroid dienone is 1. The van der Waals surface area contributed by atoms with E-state index in [4.69, 9.17) is 0 Å². The average molecular weight is 262 g/mol. The maximum Gasteiger partial charge on any atom is 0.224 e. The highest BCUT2D eigenvalue weighted by molar-refractivity contribution is 5.94. The van der Waals surface area contributed by atoms with E-state index >= 15 is 0 Å². The molecule has 2 aliphatic rings. The summed E-state index contributed by atoms with van der Waals surface area (Å²) in [5, 5.41) is 3.06. The first-order valence-corrected chi connectivity index (χ1v) is 6.87. The lowest BCUT2D eigenvalue weighted by atomic mass is 9.86. The van der Waals surface area contributed by atoms with Crippen molar-refractivity contribution in [2.24, 2.45) is 0 Å². The minimum Gasteiger partial charge on any atom is -0.326 e. The first-order chi connectivity index (χ1) is 9.84. The Balaban J connectivity index is 1.92. The highest BCUT2D eigenvalue weighted by atomic mass is 16.1. The van der Waals surface area contributed by atoms with Gasteiger partial charge in [-0.15, -0.1) is 0 Å². The molecule has 1 amide bonds. The van der Waals surface area contributed by atoms with Crippen molar-refractivity contribution in [2.45, 2.75) is 18.8 Å². The molecule has 20 heavy (non-hydrogen) atoms. The number of nitrogens with zero attached hydrogens (tertiary/aromatic N) is 1. The van der Waals surface area contributed by atoms with E-state index in [0.717, 1.165) is 17.7 Å². The fourth-order valence-electron chi connectivity index (χ4n) is 3.29. The third-order valence-electron chi connectivity index (χ3n) is 4.14. The third kappa shape index (κ3) is 1.59. The Hall–Kier alpha value is -2.42. The first kappa shape index (κ1) is 11.4. The zero-order valence-electron chi connectivity index (χ0n) is 11.0. The van der Waals surface area contributed by atoms with E-state index in [1.54, 1.807) is 0 Å². The van der Waals surface area contributed by atoms with Crippen LogP contribution >= 0.6 is 0 Å². The molecule has 0 saturated heterocycles. The molecule has 1 unspecified atom stereocenters. The highest BCUT2D eigenvalue weighted by Crippen LogP contribution is 2.47. The van der Waals surface area contributed by atoms with Crippen LogP contribution in [0.1, 0.15) is 35.4 Å². The number of amides is 1. The number of benzene rings is 1. The van der Waals surface area contributed by atoms with Gasteiger partial charge in [-0.3, -0.25) is 9.78 Å². The second-order valence-electron chi connectivity index (χ2n) is 5.25. The van der Waals surface area contributed by atoms with E-state index in [1.165, 1.54) is 16.7 Å². The number of carbonyl (C=O) groups excluding carboxylic acids is 1. The molecule has 3 heteroatoms. The Morgan fingerprint density at radius 2 is 1.85 bits per heavy atom. The molecule has 3 nitrogen and oxygen atoms in total. The molecule has 1 aromatic heterocycles. The summed E-state index contributed by atoms with van der Waals surface area (Å²) in [5.41, 5.74) is 6.05. The topological polar surface area (TPSA) is 42.0 Å². The number of fused-ring (bicyclic) bond motifs is 2. The lowest BCUT2D eigenvalue weighted by Crippen LogP contribution is -2.26. The summed E-state index contributed by atoms with van der Waals surface area (Å²) < 4.78 is 0. The predicted molar refractivity (Wildman–Crippen MR) is 76.8 cm³/mol. The monoisotopic (exact) mass is 262 g/mol. The summed E-state index contributed by atoms with van der Waals surface area (Å²) in [6.07, 6.45) is 5.08. The molecule has 2 aromatic rings. The van der Waals surface area contributed by atoms with Gasteiger partial charge in [0.2, 0.25) is 5.91 Å². The molecule has 0 bridgehead atoms. The van der Waals surface area contributed by atoms with Crippen LogP contribution in [-0.4, -0.2) is 10.9 Å². The van der Waals surface area contributed by atoms with Crippen LogP contribution in [0.5, 0.6) is 0 Å². The van der Waals surface area contributed by atoms with Crippen molar-refractivity contribution in [3.05, 3.63) is 71.1 Å². The normalized spacial score (nSPS) is 20.4. The number of carbonyl (C=O) groups is 1. The molecule has 1 aromatic carbocycles. The molecule has 0 saturated carbocycles. The minimum atomic E-state index is 0.119. The van der Waals surface area contributed by atoms with Gasteiger partial charge in [0, 0.05) is 36.0 Å². The van der Waals surface area contributed by atoms with Gasteiger partial charge in [0.05, 0.1) is 0 Å². The maximum absolute atomic E-state index is 11.7. The molecule has 2 heterocycles. The molecular formula is C17H14N2O. The van der Waals surface area contributed by atoms with E-state index in [0.29, 0.717) is 6.42 Å². The molecule has 0 spiro atoms. The number of rotatable bonds is 1. The van der Waals surface area contributed by atoms with Crippen LogP contribution in [0.2, 0.25) is 0 Å². The SMILES string of the molecule is O=C1CCC2=C(N1)c1ccccc1C2c1ccncc1. The van der Waals surface area contributed by atoms with Crippen LogP contribution in [0.25, 0.3) is 5.70 Å². The van der Waals surface area contributed by atoms with Gasteiger partial charge < -0.3 is 5.32 Å². The zero-order chi connectivity index (χ0) is 13.5. The number of hydrogen-bond donors (Lipinski definition) is 1. The standard InChI is InChI=1S/C17H14N2O/c20-15-6-5-14-16(11-7-9-18-10-8-11)12-3-1-2-4-13(12)17(14)19-15/h1-4,7-10,16H,5-6H2,(H,19,20). The second kappa shape index (κ2) is 4.30. The number of hydrogen-bond acceptors (Lipinski definition) is 2. The van der Waals surface area contributed by atoms with Crippen LogP contribution in [0.4, 0.5) is 0 Å². The lowest BCUT2D eigenvalue weighted by Gasteiger charge is -2.20. The van der Waals surface area contributed by atoms with Gasteiger partial charge in [-0.25, -0.2) is 0 Å². The van der Waals surface area contributed by atoms with Gasteiger partial charge in [0.1, 0.15) is 0 Å². The Bertz CT molecular complexity index is 719. The van der Waals surface area contributed by atoms with Gasteiger partial charge in [0.25, 0.3) is 0 Å². The molecule has 0 radical (unpaired) electrons. The van der Waals surface area contributed by atoms with Gasteiger partial charge in [-0.2, -0.15) is 0 Å². The quantitative estimate of drug-likeness (QED) is 0.858. The Kier molecular flexibility index (Phi) is 2.46. The predicted octanol–water partition coefficient (Wildman–Crippen LogP) is 2.85. The highest BCUT2D eigenvalue weighted by Gasteiger charge is 2.35. The third-order valence-corrected chi connectivity index (χ3v) is 4.14. The summed E-state index contributed by atoms with van der Waals surface area (Å²) in [5.74, 6) is 0.374. The van der Waals surface area contributed by atoms with Crippen molar-refractivity contribution in [1.82, 2.24) is 10.3 Å². The summed E-state index contributed by atoms with van der Waals surface area (Å²) in [6.45, 7) is 0. The fourth-order valence-corrected chi connectivity index (χ4v) is 3.29. The largest absolute Gasteiger partial charge is 0.326 e. The van der Waals surface area contributed by atoms with E-state index in [1.807, 2.05) is 18.5 Å². The van der Waals surface area contributed by atoms with Crippen LogP contribution in [-0.2, 0) is 4.79 Å². The van der Waals surface area contributed by atoms with Crippen molar-refractivity contribution in [2.75, 3.05) is 0 Å². The molecule has 98 valence electrons. The van der Waals surface area contributed by atoms with Gasteiger partial charge in [-0.1, -0.05) is 24.3 Å². The van der Waals surface area contributed by atoms with Gasteiger partial charge >= 0.3 is 0 Å². The van der Waals surface area contributed by atoms with Crippen molar-refractivity contribution >= 4 is 11.6 Å². The lowest BCUT2D eigenvalue weighted by molar-refractivity contribution is -0.120. The molecule has 4 rings (SSSR count). The van der Waals surface area contributed by atoms with Crippen molar-refractivity contribution in [3.63, 3.8) is 0 Å². The van der Waals surface area contributed by atoms with Crippen molar-refractivity contribution in [3.8, 4) is 0 Å². The molecular weight excluding hydrogens is 248 g/mol. The van der Waals surface area contributed by atoms with Crippen LogP contribution in [0.3, 0.4) is 0 Å². The van der Waals surface area contributed by atoms with Gasteiger partial charge in [-0.05, 0) is 35.3 Å². The van der Waals surface area contributed by atoms with E-state index in [9.17, 15) is 4.79 Å². The Morgan fingerprint density at radius 1 is 1.05 bits per heavy atom. The first-order valence-electron chi connectivity index (χ1n) is 6.87. The number of pyridine rings is 1. The van der Waals surface area contributed by atoms with Crippen molar-refractivity contribution in [1.29, 1.82) is 0 Å². The fraction of sp³-hybridized carbons (Fsp3) is 0.176. The van der Waals surface area contributed by atoms with E-state index in [2.05, 4.69) is 40.6 Å². The molecule has 1 atom stereocenters. The smallest absolute Gasteiger partial charge is 0.224 e. The summed E-state index contributed by atoms with van der Waals surface area (Å²) in [7, 11) is 0. The van der Waals surface area contributed by atoms with Crippen LogP contribution < -0.4 is 5.32 Å². The zero-order valence-corrected chi connectivity index (χ0v) is 11.0. The Morgan fingerprint density at radius 3 is 2.70 bits per heavy atom. The molecule has 0 fully saturated rings. The summed E-state index contributed by atoms with van der Waals surface area (Å²) in [6, 6.07) is 12.5. The van der Waals surface area contributed by atoms with Crippen molar-refractivity contribution < 1.29 is 4.79 Å². The Labute approximate surface area is 117 Å². The average Bonchev–Trinajstić information content (AvgIpc) is 2.82. The van der Waals surface area contributed by atoms with Gasteiger partial charge in [0.15, 0.2) is 0 Å². The molecule has 1 aliphatic carbocycles. The van der Waals surface area contributed by atoms with Crippen LogP contribution in [0, 0.1) is 0 Å². The summed E-state index contributed by atoms with van der Waals surface area (Å²) in [4.78, 5) is 15.8. The van der Waals surface area contributed by atoms with E-state index in [-0.39, 0.29) is 11.8 Å².